The first-order chi connectivity index (χ1) is 6.29. The number of hydrogen-bond donors (Lipinski definition) is 0. The van der Waals surface area contributed by atoms with Gasteiger partial charge >= 0.3 is 0 Å². The maximum Gasteiger partial charge on any atom is 0.0975 e. The molecule has 1 rings (SSSR count). The van der Waals surface area contributed by atoms with Gasteiger partial charge in [0.2, 0.25) is 0 Å². The molecule has 1 aliphatic heterocycles. The molecular formula is C10H18N2S. The number of nitriles is 1. The van der Waals surface area contributed by atoms with Crippen molar-refractivity contribution in [3.63, 3.8) is 0 Å². The van der Waals surface area contributed by atoms with Gasteiger partial charge < -0.3 is 0 Å². The Morgan fingerprint density at radius 3 is 2.92 bits per heavy atom. The quantitative estimate of drug-likeness (QED) is 0.695. The minimum absolute atomic E-state index is 0.115. The van der Waals surface area contributed by atoms with E-state index in [0.717, 1.165) is 6.42 Å². The summed E-state index contributed by atoms with van der Waals surface area (Å²) in [6.45, 7) is 2.08. The van der Waals surface area contributed by atoms with Gasteiger partial charge in [-0.2, -0.15) is 17.0 Å². The zero-order valence-electron chi connectivity index (χ0n) is 8.49. The van der Waals surface area contributed by atoms with Crippen LogP contribution >= 0.6 is 11.8 Å². The fourth-order valence-corrected chi connectivity index (χ4v) is 2.98. The van der Waals surface area contributed by atoms with Crippen molar-refractivity contribution in [3.05, 3.63) is 0 Å². The molecule has 1 heterocycles. The second kappa shape index (κ2) is 5.51. The summed E-state index contributed by atoms with van der Waals surface area (Å²) in [5.74, 6) is 2.50. The predicted molar refractivity (Wildman–Crippen MR) is 57.8 cm³/mol. The van der Waals surface area contributed by atoms with E-state index in [-0.39, 0.29) is 6.04 Å². The summed E-state index contributed by atoms with van der Waals surface area (Å²) in [7, 11) is 2.09. The molecule has 0 radical (unpaired) electrons. The van der Waals surface area contributed by atoms with Gasteiger partial charge in [-0.15, -0.1) is 0 Å². The minimum Gasteiger partial charge on any atom is -0.287 e. The number of thioether (sulfide) groups is 1. The predicted octanol–water partition coefficient (Wildman–Crippen LogP) is 2.12. The van der Waals surface area contributed by atoms with Crippen LogP contribution in [0.3, 0.4) is 0 Å². The zero-order valence-corrected chi connectivity index (χ0v) is 9.31. The maximum absolute atomic E-state index is 8.93. The fraction of sp³-hybridized carbons (Fsp3) is 0.900. The van der Waals surface area contributed by atoms with Gasteiger partial charge in [-0.25, -0.2) is 0 Å². The average molecular weight is 198 g/mol. The van der Waals surface area contributed by atoms with Crippen molar-refractivity contribution in [2.24, 2.45) is 0 Å². The third-order valence-corrected chi connectivity index (χ3v) is 3.94. The van der Waals surface area contributed by atoms with E-state index in [1.165, 1.54) is 24.3 Å². The molecule has 2 unspecified atom stereocenters. The normalized spacial score (nSPS) is 25.5. The molecule has 0 aromatic heterocycles. The summed E-state index contributed by atoms with van der Waals surface area (Å²) in [6, 6.07) is 3.11. The Labute approximate surface area is 85.3 Å². The largest absolute Gasteiger partial charge is 0.287 e. The van der Waals surface area contributed by atoms with Crippen LogP contribution in [0.2, 0.25) is 0 Å². The van der Waals surface area contributed by atoms with Crippen LogP contribution in [-0.2, 0) is 0 Å². The highest BCUT2D eigenvalue weighted by Gasteiger charge is 2.23. The van der Waals surface area contributed by atoms with Crippen LogP contribution in [0.5, 0.6) is 0 Å². The lowest BCUT2D eigenvalue weighted by Gasteiger charge is -2.33. The Balaban J connectivity index is 2.44. The molecule has 74 valence electrons. The summed E-state index contributed by atoms with van der Waals surface area (Å²) >= 11 is 2.02. The molecule has 0 aromatic rings. The molecule has 2 atom stereocenters. The summed E-state index contributed by atoms with van der Waals surface area (Å²) in [4.78, 5) is 2.26. The van der Waals surface area contributed by atoms with Crippen LogP contribution < -0.4 is 0 Å². The topological polar surface area (TPSA) is 27.0 Å². The molecule has 1 fully saturated rings. The first-order valence-corrected chi connectivity index (χ1v) is 6.14. The lowest BCUT2D eigenvalue weighted by molar-refractivity contribution is 0.206. The van der Waals surface area contributed by atoms with Gasteiger partial charge in [0.05, 0.1) is 12.1 Å². The van der Waals surface area contributed by atoms with E-state index in [2.05, 4.69) is 24.9 Å². The van der Waals surface area contributed by atoms with Gasteiger partial charge in [-0.3, -0.25) is 4.90 Å². The monoisotopic (exact) mass is 198 g/mol. The van der Waals surface area contributed by atoms with E-state index in [1.54, 1.807) is 0 Å². The van der Waals surface area contributed by atoms with Crippen molar-refractivity contribution in [1.29, 1.82) is 5.26 Å². The van der Waals surface area contributed by atoms with Crippen LogP contribution in [0.1, 0.15) is 26.2 Å². The van der Waals surface area contributed by atoms with Crippen LogP contribution in [0, 0.1) is 11.3 Å². The molecule has 0 amide bonds. The third kappa shape index (κ3) is 2.89. The molecule has 0 aliphatic carbocycles. The molecule has 0 aromatic carbocycles. The maximum atomic E-state index is 8.93. The Morgan fingerprint density at radius 2 is 2.46 bits per heavy atom. The van der Waals surface area contributed by atoms with Gasteiger partial charge in [0, 0.05) is 11.8 Å². The van der Waals surface area contributed by atoms with E-state index < -0.39 is 0 Å². The number of hydrogen-bond acceptors (Lipinski definition) is 3. The first kappa shape index (κ1) is 10.9. The van der Waals surface area contributed by atoms with E-state index in [9.17, 15) is 0 Å². The second-order valence-corrected chi connectivity index (χ2v) is 4.74. The smallest absolute Gasteiger partial charge is 0.0975 e. The summed E-state index contributed by atoms with van der Waals surface area (Å²) < 4.78 is 0. The molecule has 1 saturated heterocycles. The minimum atomic E-state index is 0.115. The first-order valence-electron chi connectivity index (χ1n) is 4.99. The molecule has 3 heteroatoms. The Bertz CT molecular complexity index is 182. The molecule has 0 spiro atoms. The molecule has 0 N–H and O–H groups in total. The molecule has 0 bridgehead atoms. The lowest BCUT2D eigenvalue weighted by Crippen LogP contribution is -2.42. The highest BCUT2D eigenvalue weighted by molar-refractivity contribution is 7.99. The molecule has 0 saturated carbocycles. The van der Waals surface area contributed by atoms with E-state index >= 15 is 0 Å². The van der Waals surface area contributed by atoms with Crippen molar-refractivity contribution in [3.8, 4) is 6.07 Å². The third-order valence-electron chi connectivity index (χ3n) is 2.74. The van der Waals surface area contributed by atoms with Gasteiger partial charge in [-0.05, 0) is 32.1 Å². The van der Waals surface area contributed by atoms with Crippen LogP contribution in [0.25, 0.3) is 0 Å². The van der Waals surface area contributed by atoms with E-state index in [1.807, 2.05) is 11.8 Å². The van der Waals surface area contributed by atoms with Crippen molar-refractivity contribution >= 4 is 11.8 Å². The summed E-state index contributed by atoms with van der Waals surface area (Å²) in [5, 5.41) is 8.93. The highest BCUT2D eigenvalue weighted by Crippen LogP contribution is 2.22. The van der Waals surface area contributed by atoms with Crippen molar-refractivity contribution in [2.45, 2.75) is 38.3 Å². The Hall–Kier alpha value is -0.200. The summed E-state index contributed by atoms with van der Waals surface area (Å²) in [6.07, 6.45) is 3.51. The number of rotatable bonds is 3. The van der Waals surface area contributed by atoms with E-state index in [0.29, 0.717) is 6.04 Å². The number of nitrogens with zero attached hydrogens (tertiary/aromatic N) is 2. The van der Waals surface area contributed by atoms with E-state index in [4.69, 9.17) is 5.26 Å². The van der Waals surface area contributed by atoms with Crippen LogP contribution in [0.15, 0.2) is 0 Å². The SMILES string of the molecule is CCC(C#N)N(C)C1CCCSC1. The lowest BCUT2D eigenvalue weighted by atomic mass is 10.1. The summed E-state index contributed by atoms with van der Waals surface area (Å²) in [5.41, 5.74) is 0. The molecule has 13 heavy (non-hydrogen) atoms. The highest BCUT2D eigenvalue weighted by atomic mass is 32.2. The van der Waals surface area contributed by atoms with Crippen LogP contribution in [-0.4, -0.2) is 35.5 Å². The van der Waals surface area contributed by atoms with Crippen molar-refractivity contribution < 1.29 is 0 Å². The van der Waals surface area contributed by atoms with Crippen LogP contribution in [0.4, 0.5) is 0 Å². The van der Waals surface area contributed by atoms with Gasteiger partial charge in [0.15, 0.2) is 0 Å². The average Bonchev–Trinajstić information content (AvgIpc) is 2.21. The van der Waals surface area contributed by atoms with Gasteiger partial charge in [0.25, 0.3) is 0 Å². The van der Waals surface area contributed by atoms with Crippen molar-refractivity contribution in [1.82, 2.24) is 4.90 Å². The molecular weight excluding hydrogens is 180 g/mol. The zero-order chi connectivity index (χ0) is 9.68. The second-order valence-electron chi connectivity index (χ2n) is 3.59. The fourth-order valence-electron chi connectivity index (χ4n) is 1.77. The standard InChI is InChI=1S/C10H18N2S/c1-3-9(7-11)12(2)10-5-4-6-13-8-10/h9-10H,3-6,8H2,1-2H3. The molecule has 2 nitrogen and oxygen atoms in total. The van der Waals surface area contributed by atoms with Gasteiger partial charge in [-0.1, -0.05) is 6.92 Å². The molecule has 1 aliphatic rings. The van der Waals surface area contributed by atoms with Gasteiger partial charge in [0.1, 0.15) is 0 Å². The van der Waals surface area contributed by atoms with Crippen molar-refractivity contribution in [2.75, 3.05) is 18.6 Å². The Kier molecular flexibility index (Phi) is 4.61. The Morgan fingerprint density at radius 1 is 1.69 bits per heavy atom.